The van der Waals surface area contributed by atoms with E-state index in [4.69, 9.17) is 51.6 Å². The molecule has 0 aromatic rings. The third-order valence-electron chi connectivity index (χ3n) is 5.91. The Morgan fingerprint density at radius 3 is 1.81 bits per heavy atom. The number of hydrogen-bond donors (Lipinski definition) is 1. The van der Waals surface area contributed by atoms with Crippen molar-refractivity contribution in [1.82, 2.24) is 0 Å². The zero-order valence-corrected chi connectivity index (χ0v) is 29.2. The van der Waals surface area contributed by atoms with Crippen LogP contribution < -0.4 is 0 Å². The molecule has 2 saturated heterocycles. The predicted octanol–water partition coefficient (Wildman–Crippen LogP) is 2.33. The molecule has 14 nitrogen and oxygen atoms in total. The fourth-order valence-electron chi connectivity index (χ4n) is 3.88. The molecule has 0 saturated carbocycles. The van der Waals surface area contributed by atoms with Crippen molar-refractivity contribution in [2.24, 2.45) is 10.8 Å². The molecule has 0 bridgehead atoms. The second-order valence-corrected chi connectivity index (χ2v) is 11.2. The van der Waals surface area contributed by atoms with Gasteiger partial charge in [0.2, 0.25) is 0 Å². The summed E-state index contributed by atoms with van der Waals surface area (Å²) < 4.78 is 74.0. The van der Waals surface area contributed by atoms with Gasteiger partial charge >= 0.3 is 79.8 Å². The first-order valence-electron chi connectivity index (χ1n) is 13.2. The Labute approximate surface area is 302 Å². The van der Waals surface area contributed by atoms with E-state index in [-0.39, 0.29) is 52.4 Å². The number of ether oxygens (including phenoxy) is 5. The van der Waals surface area contributed by atoms with Crippen LogP contribution in [0.1, 0.15) is 60.8 Å². The van der Waals surface area contributed by atoms with Crippen LogP contribution in [-0.4, -0.2) is 73.0 Å². The first kappa shape index (κ1) is 57.8. The van der Waals surface area contributed by atoms with E-state index in [0.717, 1.165) is 12.8 Å². The first-order valence-corrected chi connectivity index (χ1v) is 13.2. The van der Waals surface area contributed by atoms with Gasteiger partial charge in [0, 0.05) is 46.6 Å². The largest absolute Gasteiger partial charge is 0 e. The Morgan fingerprint density at radius 1 is 0.833 bits per heavy atom. The molecule has 0 aromatic carbocycles. The monoisotopic (exact) mass is 764 g/mol. The molecule has 0 aliphatic carbocycles. The summed E-state index contributed by atoms with van der Waals surface area (Å²) in [6.45, 7) is 38.0. The fraction of sp³-hybridized carbons (Fsp3) is 0.625. The Balaban J connectivity index is -0.000000284. The molecule has 3 heterocycles. The van der Waals surface area contributed by atoms with E-state index in [1.807, 2.05) is 0 Å². The van der Waals surface area contributed by atoms with Crippen molar-refractivity contribution in [3.05, 3.63) is 52.1 Å². The van der Waals surface area contributed by atoms with Crippen LogP contribution in [-0.2, 0) is 94.7 Å². The quantitative estimate of drug-likeness (QED) is 0.144. The Hall–Kier alpha value is -2.47. The van der Waals surface area contributed by atoms with E-state index in [0.29, 0.717) is 13.0 Å². The van der Waals surface area contributed by atoms with Crippen molar-refractivity contribution in [2.45, 2.75) is 104 Å². The topological polar surface area (TPSA) is 220 Å². The molecule has 2 radical (unpaired) electrons. The molecule has 16 heteroatoms. The van der Waals surface area contributed by atoms with Gasteiger partial charge in [-0.15, -0.1) is 0 Å². The van der Waals surface area contributed by atoms with Crippen LogP contribution >= 0.6 is 0 Å². The molecule has 7 atom stereocenters. The minimum Gasteiger partial charge on any atom is 0 e. The zero-order chi connectivity index (χ0) is 37.1. The van der Waals surface area contributed by atoms with Gasteiger partial charge in [0.15, 0.2) is 6.10 Å². The molecule has 0 aromatic heterocycles. The van der Waals surface area contributed by atoms with E-state index in [9.17, 15) is 14.7 Å². The molecule has 1 N–H and O–H groups in total. The van der Waals surface area contributed by atoms with Crippen molar-refractivity contribution in [3.63, 3.8) is 0 Å². The molecular weight excluding hydrogens is 726 g/mol. The number of esters is 2. The number of rotatable bonds is 5. The van der Waals surface area contributed by atoms with Crippen molar-refractivity contribution in [2.75, 3.05) is 13.2 Å². The average Bonchev–Trinajstić information content (AvgIpc) is 3.29. The summed E-state index contributed by atoms with van der Waals surface area (Å²) in [5, 5.41) is 10.9. The van der Waals surface area contributed by atoms with Crippen molar-refractivity contribution < 1.29 is 99.9 Å². The minimum absolute atomic E-state index is 0. The molecule has 3 aliphatic rings. The zero-order valence-electron chi connectivity index (χ0n) is 27.2. The number of fused-ring (bicyclic) bond motifs is 2. The van der Waals surface area contributed by atoms with Gasteiger partial charge in [-0.2, -0.15) is 0 Å². The molecule has 3 rings (SSSR count). The molecule has 268 valence electrons. The van der Waals surface area contributed by atoms with Gasteiger partial charge < -0.3 is 28.8 Å². The van der Waals surface area contributed by atoms with Gasteiger partial charge in [-0.05, 0) is 66.5 Å². The fourth-order valence-corrected chi connectivity index (χ4v) is 3.88. The second kappa shape index (κ2) is 33.0. The van der Waals surface area contributed by atoms with E-state index in [1.54, 1.807) is 53.7 Å². The molecular formula is C32H38Co2O14. The number of hydrogen-bond acceptors (Lipinski definition) is 8. The molecule has 0 amide bonds. The molecule has 1 unspecified atom stereocenters. The maximum Gasteiger partial charge on any atom is 0 e. The molecule has 2 fully saturated rings. The van der Waals surface area contributed by atoms with Crippen LogP contribution in [0.4, 0.5) is 0 Å². The number of carbonyl (C=O) groups excluding carboxylic acids is 2. The SMILES string of the molecule is CC(C)(C)C(=O)OC[C@H](/C=C/C1C#CC[C@H]2O[C@H]3CCCO[C@@H]3[C@@H](O)[C@@H]2O1)OC(=O)C(C)(C)C.[C-]#[O+].[C-]#[O+].[C-]#[O+].[C-]#[O+].[C-]#[O+].[C-]#[O+].[Co].[Co]. The van der Waals surface area contributed by atoms with Gasteiger partial charge in [0.05, 0.1) is 23.0 Å². The third kappa shape index (κ3) is 21.5. The van der Waals surface area contributed by atoms with Crippen molar-refractivity contribution in [1.29, 1.82) is 0 Å². The summed E-state index contributed by atoms with van der Waals surface area (Å²) in [5.74, 6) is 5.29. The van der Waals surface area contributed by atoms with E-state index in [2.05, 4.69) is 51.7 Å². The van der Waals surface area contributed by atoms with Crippen LogP contribution in [0.15, 0.2) is 12.2 Å². The van der Waals surface area contributed by atoms with Gasteiger partial charge in [-0.3, -0.25) is 9.59 Å². The summed E-state index contributed by atoms with van der Waals surface area (Å²) in [4.78, 5) is 24.7. The van der Waals surface area contributed by atoms with Crippen LogP contribution in [0, 0.1) is 62.6 Å². The summed E-state index contributed by atoms with van der Waals surface area (Å²) in [5.41, 5.74) is -1.39. The second-order valence-electron chi connectivity index (χ2n) is 11.2. The summed E-state index contributed by atoms with van der Waals surface area (Å²) in [7, 11) is 0. The number of carbonyl (C=O) groups is 2. The third-order valence-corrected chi connectivity index (χ3v) is 5.91. The van der Waals surface area contributed by atoms with Crippen LogP contribution in [0.2, 0.25) is 0 Å². The van der Waals surface area contributed by atoms with Gasteiger partial charge in [0.1, 0.15) is 31.0 Å². The Kier molecular flexibility index (Phi) is 39.8. The smallest absolute Gasteiger partial charge is 0 e. The number of aliphatic hydroxyl groups excluding tert-OH is 1. The number of aliphatic hydroxyl groups is 1. The van der Waals surface area contributed by atoms with Crippen LogP contribution in [0.3, 0.4) is 0 Å². The maximum atomic E-state index is 12.5. The van der Waals surface area contributed by atoms with Crippen LogP contribution in [0.5, 0.6) is 0 Å². The summed E-state index contributed by atoms with van der Waals surface area (Å²) in [6.07, 6.45) is 1.67. The van der Waals surface area contributed by atoms with Crippen LogP contribution in [0.25, 0.3) is 0 Å². The van der Waals surface area contributed by atoms with Crippen molar-refractivity contribution >= 4 is 11.9 Å². The van der Waals surface area contributed by atoms with Gasteiger partial charge in [-0.25, -0.2) is 0 Å². The van der Waals surface area contributed by atoms with E-state index < -0.39 is 53.3 Å². The van der Waals surface area contributed by atoms with Gasteiger partial charge in [-0.1, -0.05) is 11.8 Å². The predicted molar refractivity (Wildman–Crippen MR) is 147 cm³/mol. The van der Waals surface area contributed by atoms with E-state index >= 15 is 0 Å². The molecule has 48 heavy (non-hydrogen) atoms. The minimum atomic E-state index is -0.830. The summed E-state index contributed by atoms with van der Waals surface area (Å²) >= 11 is 0. The normalized spacial score (nSPS) is 23.2. The van der Waals surface area contributed by atoms with Crippen molar-refractivity contribution in [3.8, 4) is 11.8 Å². The van der Waals surface area contributed by atoms with Gasteiger partial charge in [0.25, 0.3) is 0 Å². The molecule has 3 aliphatic heterocycles. The summed E-state index contributed by atoms with van der Waals surface area (Å²) in [6, 6.07) is 0. The Bertz CT molecular complexity index is 1050. The maximum absolute atomic E-state index is 12.5. The standard InChI is InChI=1S/C26H38O8.6CO.2Co/c1-25(2,3)23(28)31-15-17(33-24(29)26(4,5)6)13-12-16-9-7-10-19-22(32-16)20(27)21-18(34-19)11-8-14-30-21;6*1-2;;/h12-13,16-22,27H,8,10-11,14-15H2,1-6H3;;;;;;;;/b13-12+;;;;;;;;/t16?,17-,18-,19+,20+,21-,22+;;;;;;;;/m0......../s1. The van der Waals surface area contributed by atoms with E-state index in [1.165, 1.54) is 0 Å². The average molecular weight is 765 g/mol. The molecule has 0 spiro atoms. The first-order chi connectivity index (χ1) is 21.9. The Morgan fingerprint density at radius 2 is 1.33 bits per heavy atom.